The molecule has 0 spiro atoms. The molecule has 0 bridgehead atoms. The highest BCUT2D eigenvalue weighted by Crippen LogP contribution is 2.23. The minimum Gasteiger partial charge on any atom is -0.489 e. The standard InChI is InChI=1S/C20H17NO3/c1-14-2-5-16(6-3-14)17-7-9-18(10-8-17)24-13-15-4-11-19(20(22)23)21-12-15/h2-12H,13H2,1H3,(H,22,23). The van der Waals surface area contributed by atoms with Crippen molar-refractivity contribution in [2.75, 3.05) is 0 Å². The average Bonchev–Trinajstić information content (AvgIpc) is 2.61. The summed E-state index contributed by atoms with van der Waals surface area (Å²) in [5.74, 6) is -0.276. The Hall–Kier alpha value is -3.14. The Morgan fingerprint density at radius 3 is 2.12 bits per heavy atom. The molecule has 0 saturated carbocycles. The van der Waals surface area contributed by atoms with E-state index >= 15 is 0 Å². The van der Waals surface area contributed by atoms with Crippen LogP contribution in [0.25, 0.3) is 11.1 Å². The van der Waals surface area contributed by atoms with Crippen molar-refractivity contribution in [3.05, 3.63) is 83.7 Å². The number of aromatic carboxylic acids is 1. The Bertz CT molecular complexity index is 822. The summed E-state index contributed by atoms with van der Waals surface area (Å²) < 4.78 is 5.71. The molecule has 0 amide bonds. The summed E-state index contributed by atoms with van der Waals surface area (Å²) in [7, 11) is 0. The molecule has 1 aromatic heterocycles. The largest absolute Gasteiger partial charge is 0.489 e. The normalized spacial score (nSPS) is 10.4. The number of carbonyl (C=O) groups is 1. The molecule has 3 rings (SSSR count). The molecule has 4 nitrogen and oxygen atoms in total. The Morgan fingerprint density at radius 2 is 1.58 bits per heavy atom. The number of rotatable bonds is 5. The van der Waals surface area contributed by atoms with Crippen molar-refractivity contribution in [1.82, 2.24) is 4.98 Å². The first-order valence-electron chi connectivity index (χ1n) is 7.60. The van der Waals surface area contributed by atoms with Crippen LogP contribution in [0.15, 0.2) is 66.9 Å². The first-order chi connectivity index (χ1) is 11.6. The van der Waals surface area contributed by atoms with Gasteiger partial charge in [-0.15, -0.1) is 0 Å². The van der Waals surface area contributed by atoms with E-state index in [4.69, 9.17) is 9.84 Å². The van der Waals surface area contributed by atoms with E-state index in [1.165, 1.54) is 23.4 Å². The summed E-state index contributed by atoms with van der Waals surface area (Å²) in [6.07, 6.45) is 1.52. The molecule has 0 saturated heterocycles. The SMILES string of the molecule is Cc1ccc(-c2ccc(OCc3ccc(C(=O)O)nc3)cc2)cc1. The first kappa shape index (κ1) is 15.7. The molecule has 24 heavy (non-hydrogen) atoms. The van der Waals surface area contributed by atoms with Crippen LogP contribution in [0.3, 0.4) is 0 Å². The van der Waals surface area contributed by atoms with E-state index in [9.17, 15) is 4.79 Å². The van der Waals surface area contributed by atoms with E-state index in [-0.39, 0.29) is 5.69 Å². The van der Waals surface area contributed by atoms with Crippen LogP contribution in [0, 0.1) is 6.92 Å². The predicted octanol–water partition coefficient (Wildman–Crippen LogP) is 4.33. The topological polar surface area (TPSA) is 59.4 Å². The van der Waals surface area contributed by atoms with Crippen LogP contribution < -0.4 is 4.74 Å². The zero-order valence-electron chi connectivity index (χ0n) is 13.3. The molecule has 1 N–H and O–H groups in total. The number of aryl methyl sites for hydroxylation is 1. The first-order valence-corrected chi connectivity index (χ1v) is 7.60. The molecule has 0 unspecified atom stereocenters. The second-order valence-electron chi connectivity index (χ2n) is 5.54. The van der Waals surface area contributed by atoms with E-state index in [0.717, 1.165) is 16.9 Å². The van der Waals surface area contributed by atoms with Crippen LogP contribution in [0.4, 0.5) is 0 Å². The zero-order valence-corrected chi connectivity index (χ0v) is 13.3. The van der Waals surface area contributed by atoms with Gasteiger partial charge in [0.2, 0.25) is 0 Å². The molecule has 3 aromatic rings. The van der Waals surface area contributed by atoms with Crippen molar-refractivity contribution in [3.63, 3.8) is 0 Å². The van der Waals surface area contributed by atoms with Gasteiger partial charge >= 0.3 is 5.97 Å². The summed E-state index contributed by atoms with van der Waals surface area (Å²) in [5, 5.41) is 8.82. The van der Waals surface area contributed by atoms with Crippen molar-refractivity contribution in [3.8, 4) is 16.9 Å². The number of benzene rings is 2. The van der Waals surface area contributed by atoms with Gasteiger partial charge in [0.1, 0.15) is 18.1 Å². The molecular weight excluding hydrogens is 302 g/mol. The fourth-order valence-corrected chi connectivity index (χ4v) is 2.29. The van der Waals surface area contributed by atoms with Gasteiger partial charge in [-0.1, -0.05) is 48.0 Å². The average molecular weight is 319 g/mol. The fourth-order valence-electron chi connectivity index (χ4n) is 2.29. The van der Waals surface area contributed by atoms with E-state index in [1.807, 2.05) is 24.3 Å². The third kappa shape index (κ3) is 3.79. The third-order valence-electron chi connectivity index (χ3n) is 3.69. The number of carboxylic acids is 1. The Morgan fingerprint density at radius 1 is 0.958 bits per heavy atom. The maximum atomic E-state index is 10.8. The van der Waals surface area contributed by atoms with E-state index in [0.29, 0.717) is 6.61 Å². The Labute approximate surface area is 140 Å². The monoisotopic (exact) mass is 319 g/mol. The van der Waals surface area contributed by atoms with Crippen LogP contribution in [0.2, 0.25) is 0 Å². The number of nitrogens with zero attached hydrogens (tertiary/aromatic N) is 1. The lowest BCUT2D eigenvalue weighted by atomic mass is 10.0. The summed E-state index contributed by atoms with van der Waals surface area (Å²) in [6.45, 7) is 2.41. The Balaban J connectivity index is 1.63. The minimum absolute atomic E-state index is 0.0289. The number of hydrogen-bond acceptors (Lipinski definition) is 3. The smallest absolute Gasteiger partial charge is 0.354 e. The molecule has 1 heterocycles. The van der Waals surface area contributed by atoms with Gasteiger partial charge in [0.15, 0.2) is 0 Å². The van der Waals surface area contributed by atoms with Crippen LogP contribution in [-0.2, 0) is 6.61 Å². The second-order valence-corrected chi connectivity index (χ2v) is 5.54. The summed E-state index contributed by atoms with van der Waals surface area (Å²) in [5.41, 5.74) is 4.39. The van der Waals surface area contributed by atoms with E-state index < -0.39 is 5.97 Å². The predicted molar refractivity (Wildman–Crippen MR) is 92.1 cm³/mol. The zero-order chi connectivity index (χ0) is 16.9. The Kier molecular flexibility index (Phi) is 4.57. The molecule has 0 aliphatic heterocycles. The summed E-state index contributed by atoms with van der Waals surface area (Å²) >= 11 is 0. The lowest BCUT2D eigenvalue weighted by Crippen LogP contribution is -2.02. The summed E-state index contributed by atoms with van der Waals surface area (Å²) in [4.78, 5) is 14.6. The molecule has 4 heteroatoms. The molecule has 0 aliphatic rings. The second kappa shape index (κ2) is 6.96. The third-order valence-corrected chi connectivity index (χ3v) is 3.69. The van der Waals surface area contributed by atoms with Gasteiger partial charge in [0.25, 0.3) is 0 Å². The van der Waals surface area contributed by atoms with Crippen LogP contribution in [0.1, 0.15) is 21.6 Å². The quantitative estimate of drug-likeness (QED) is 0.760. The number of ether oxygens (including phenoxy) is 1. The van der Waals surface area contributed by atoms with E-state index in [1.54, 1.807) is 6.07 Å². The highest BCUT2D eigenvalue weighted by atomic mass is 16.5. The van der Waals surface area contributed by atoms with Crippen molar-refractivity contribution < 1.29 is 14.6 Å². The maximum absolute atomic E-state index is 10.8. The van der Waals surface area contributed by atoms with Gasteiger partial charge in [-0.05, 0) is 36.2 Å². The molecular formula is C20H17NO3. The van der Waals surface area contributed by atoms with Crippen molar-refractivity contribution in [1.29, 1.82) is 0 Å². The van der Waals surface area contributed by atoms with Gasteiger partial charge < -0.3 is 9.84 Å². The molecule has 120 valence electrons. The van der Waals surface area contributed by atoms with Crippen LogP contribution in [-0.4, -0.2) is 16.1 Å². The van der Waals surface area contributed by atoms with E-state index in [2.05, 4.69) is 36.2 Å². The van der Waals surface area contributed by atoms with Crippen LogP contribution >= 0.6 is 0 Å². The molecule has 0 aliphatic carbocycles. The highest BCUT2D eigenvalue weighted by Gasteiger charge is 2.04. The number of carboxylic acid groups (broad SMARTS) is 1. The van der Waals surface area contributed by atoms with Gasteiger partial charge in [0.05, 0.1) is 0 Å². The lowest BCUT2D eigenvalue weighted by Gasteiger charge is -2.08. The van der Waals surface area contributed by atoms with Gasteiger partial charge in [0, 0.05) is 11.8 Å². The number of pyridine rings is 1. The molecule has 0 atom stereocenters. The van der Waals surface area contributed by atoms with Gasteiger partial charge in [-0.2, -0.15) is 0 Å². The number of hydrogen-bond donors (Lipinski definition) is 1. The maximum Gasteiger partial charge on any atom is 0.354 e. The number of aromatic nitrogens is 1. The summed E-state index contributed by atoms with van der Waals surface area (Å²) in [6, 6.07) is 19.4. The van der Waals surface area contributed by atoms with Crippen molar-refractivity contribution in [2.45, 2.75) is 13.5 Å². The van der Waals surface area contributed by atoms with Crippen LogP contribution in [0.5, 0.6) is 5.75 Å². The van der Waals surface area contributed by atoms with Gasteiger partial charge in [-0.3, -0.25) is 0 Å². The highest BCUT2D eigenvalue weighted by molar-refractivity contribution is 5.85. The molecule has 0 radical (unpaired) electrons. The molecule has 2 aromatic carbocycles. The lowest BCUT2D eigenvalue weighted by molar-refractivity contribution is 0.0690. The molecule has 0 fully saturated rings. The fraction of sp³-hybridized carbons (Fsp3) is 0.100. The van der Waals surface area contributed by atoms with Gasteiger partial charge in [-0.25, -0.2) is 9.78 Å². The van der Waals surface area contributed by atoms with Crippen molar-refractivity contribution >= 4 is 5.97 Å². The van der Waals surface area contributed by atoms with Crippen molar-refractivity contribution in [2.24, 2.45) is 0 Å². The minimum atomic E-state index is -1.03.